The Bertz CT molecular complexity index is 1050. The number of sulfonamides is 1. The van der Waals surface area contributed by atoms with Crippen molar-refractivity contribution in [1.29, 1.82) is 0 Å². The number of aryl methyl sites for hydroxylation is 1. The van der Waals surface area contributed by atoms with Crippen LogP contribution in [0.25, 0.3) is 0 Å². The number of ether oxygens (including phenoxy) is 1. The van der Waals surface area contributed by atoms with Crippen LogP contribution in [-0.4, -0.2) is 38.4 Å². The molecule has 0 radical (unpaired) electrons. The van der Waals surface area contributed by atoms with Crippen LogP contribution in [0.15, 0.2) is 41.3 Å². The van der Waals surface area contributed by atoms with Crippen LogP contribution in [0.5, 0.6) is 5.75 Å². The van der Waals surface area contributed by atoms with Gasteiger partial charge in [-0.05, 0) is 60.2 Å². The molecule has 0 aromatic heterocycles. The Morgan fingerprint density at radius 3 is 2.56 bits per heavy atom. The van der Waals surface area contributed by atoms with Gasteiger partial charge in [0.15, 0.2) is 0 Å². The molecule has 0 amide bonds. The lowest BCUT2D eigenvalue weighted by atomic mass is 10.1. The minimum atomic E-state index is -3.75. The Balaban J connectivity index is 1.93. The van der Waals surface area contributed by atoms with E-state index in [4.69, 9.17) is 4.74 Å². The van der Waals surface area contributed by atoms with Crippen LogP contribution in [0.4, 0.5) is 11.4 Å². The van der Waals surface area contributed by atoms with Crippen molar-refractivity contribution in [3.63, 3.8) is 0 Å². The minimum absolute atomic E-state index is 0.177. The first-order chi connectivity index (χ1) is 12.6. The molecule has 1 N–H and O–H groups in total. The molecule has 0 spiro atoms. The second kappa shape index (κ2) is 7.09. The van der Waals surface area contributed by atoms with Crippen molar-refractivity contribution in [3.05, 3.63) is 47.5 Å². The quantitative estimate of drug-likeness (QED) is 0.746. The number of benzene rings is 2. The smallest absolute Gasteiger partial charge is 0.261 e. The minimum Gasteiger partial charge on any atom is -0.497 e. The molecule has 27 heavy (non-hydrogen) atoms. The molecule has 0 aliphatic carbocycles. The number of hydrogen-bond acceptors (Lipinski definition) is 4. The maximum atomic E-state index is 12.8. The van der Waals surface area contributed by atoms with Crippen LogP contribution in [0.1, 0.15) is 18.1 Å². The summed E-state index contributed by atoms with van der Waals surface area (Å²) < 4.78 is 47.6. The summed E-state index contributed by atoms with van der Waals surface area (Å²) in [5, 5.41) is 0. The van der Waals surface area contributed by atoms with Gasteiger partial charge in [-0.3, -0.25) is 9.03 Å². The van der Waals surface area contributed by atoms with Crippen LogP contribution in [0.2, 0.25) is 0 Å². The second-order valence-electron chi connectivity index (χ2n) is 6.63. The topological polar surface area (TPSA) is 75.7 Å². The van der Waals surface area contributed by atoms with Crippen molar-refractivity contribution >= 4 is 37.0 Å². The van der Waals surface area contributed by atoms with Crippen LogP contribution >= 0.6 is 0 Å². The molecule has 0 saturated carbocycles. The van der Waals surface area contributed by atoms with Gasteiger partial charge in [0.1, 0.15) is 5.75 Å². The predicted octanol–water partition coefficient (Wildman–Crippen LogP) is 2.68. The van der Waals surface area contributed by atoms with Gasteiger partial charge in [-0.1, -0.05) is 6.92 Å². The fraction of sp³-hybridized carbons (Fsp3) is 0.316. The van der Waals surface area contributed by atoms with Gasteiger partial charge in [-0.25, -0.2) is 12.6 Å². The summed E-state index contributed by atoms with van der Waals surface area (Å²) in [4.78, 5) is 0.177. The third-order valence-electron chi connectivity index (χ3n) is 4.54. The molecule has 3 rings (SSSR count). The standard InChI is InChI=1S/C19H24N2O4S2/c1-5-14-10-16(13-17(11-14)25-2)20-27(23,24)18-6-7-19-15(12-18)8-9-21(19)26(3,4)22/h6-7,10-13,20H,3,5,8-9H2,1-2,4H3. The van der Waals surface area contributed by atoms with Crippen LogP contribution in [-0.2, 0) is 32.6 Å². The average molecular weight is 409 g/mol. The van der Waals surface area contributed by atoms with E-state index in [1.807, 2.05) is 13.0 Å². The molecule has 0 fully saturated rings. The summed E-state index contributed by atoms with van der Waals surface area (Å²) in [7, 11) is -4.57. The number of nitrogens with zero attached hydrogens (tertiary/aromatic N) is 1. The Labute approximate surface area is 161 Å². The van der Waals surface area contributed by atoms with E-state index in [9.17, 15) is 12.6 Å². The molecule has 2 aromatic carbocycles. The Hall–Kier alpha value is -2.19. The average Bonchev–Trinajstić information content (AvgIpc) is 3.04. The van der Waals surface area contributed by atoms with Crippen LogP contribution in [0.3, 0.4) is 0 Å². The van der Waals surface area contributed by atoms with E-state index in [1.165, 1.54) is 6.07 Å². The summed E-state index contributed by atoms with van der Waals surface area (Å²) in [5.41, 5.74) is 3.08. The number of rotatable bonds is 6. The molecule has 6 nitrogen and oxygen atoms in total. The lowest BCUT2D eigenvalue weighted by Gasteiger charge is -2.21. The largest absolute Gasteiger partial charge is 0.497 e. The summed E-state index contributed by atoms with van der Waals surface area (Å²) >= 11 is 0. The third-order valence-corrected chi connectivity index (χ3v) is 7.23. The molecule has 0 bridgehead atoms. The Morgan fingerprint density at radius 1 is 1.19 bits per heavy atom. The fourth-order valence-electron chi connectivity index (χ4n) is 3.17. The maximum absolute atomic E-state index is 12.8. The Kier molecular flexibility index (Phi) is 5.14. The molecule has 1 unspecified atom stereocenters. The molecule has 1 heterocycles. The summed E-state index contributed by atoms with van der Waals surface area (Å²) in [6, 6.07) is 10.2. The number of nitrogens with one attached hydrogen (secondary N) is 1. The van der Waals surface area contributed by atoms with Gasteiger partial charge in [0.05, 0.1) is 23.4 Å². The third kappa shape index (κ3) is 4.06. The van der Waals surface area contributed by atoms with E-state index < -0.39 is 19.7 Å². The SMILES string of the molecule is C=S(C)(=O)N1CCc2cc(S(=O)(=O)Nc3cc(CC)cc(OC)c3)ccc21. The molecule has 1 atom stereocenters. The molecule has 1 aliphatic heterocycles. The normalized spacial score (nSPS) is 15.9. The molecule has 1 aliphatic rings. The number of anilines is 2. The molecular formula is C19H24N2O4S2. The van der Waals surface area contributed by atoms with Crippen molar-refractivity contribution < 1.29 is 17.4 Å². The lowest BCUT2D eigenvalue weighted by molar-refractivity contribution is 0.414. The first-order valence-electron chi connectivity index (χ1n) is 8.57. The second-order valence-corrected chi connectivity index (χ2v) is 10.7. The van der Waals surface area contributed by atoms with Crippen molar-refractivity contribution in [2.24, 2.45) is 0 Å². The van der Waals surface area contributed by atoms with Gasteiger partial charge in [0.2, 0.25) is 0 Å². The lowest BCUT2D eigenvalue weighted by Crippen LogP contribution is -2.27. The van der Waals surface area contributed by atoms with Crippen molar-refractivity contribution in [1.82, 2.24) is 0 Å². The zero-order valence-corrected chi connectivity index (χ0v) is 17.3. The molecule has 2 aromatic rings. The zero-order valence-electron chi connectivity index (χ0n) is 15.7. The van der Waals surface area contributed by atoms with E-state index >= 15 is 0 Å². The van der Waals surface area contributed by atoms with E-state index in [0.717, 1.165) is 23.2 Å². The molecule has 8 heteroatoms. The number of methoxy groups -OCH3 is 1. The molecule has 146 valence electrons. The Morgan fingerprint density at radius 2 is 1.93 bits per heavy atom. The summed E-state index contributed by atoms with van der Waals surface area (Å²) in [6.45, 7) is 2.56. The van der Waals surface area contributed by atoms with E-state index in [0.29, 0.717) is 24.4 Å². The van der Waals surface area contributed by atoms with E-state index in [2.05, 4.69) is 10.6 Å². The first kappa shape index (κ1) is 19.6. The molecular weight excluding hydrogens is 384 g/mol. The van der Waals surface area contributed by atoms with E-state index in [1.54, 1.807) is 41.9 Å². The van der Waals surface area contributed by atoms with Gasteiger partial charge < -0.3 is 4.74 Å². The van der Waals surface area contributed by atoms with Crippen molar-refractivity contribution in [2.45, 2.75) is 24.7 Å². The van der Waals surface area contributed by atoms with Crippen molar-refractivity contribution in [3.8, 4) is 5.75 Å². The zero-order chi connectivity index (χ0) is 19.8. The maximum Gasteiger partial charge on any atom is 0.261 e. The first-order valence-corrected chi connectivity index (χ1v) is 12.1. The number of fused-ring (bicyclic) bond motifs is 1. The summed E-state index contributed by atoms with van der Waals surface area (Å²) in [6.07, 6.45) is 2.99. The highest BCUT2D eigenvalue weighted by molar-refractivity contribution is 8.00. The summed E-state index contributed by atoms with van der Waals surface area (Å²) in [5.74, 6) is 4.32. The monoisotopic (exact) mass is 408 g/mol. The van der Waals surface area contributed by atoms with Gasteiger partial charge in [0, 0.05) is 28.6 Å². The van der Waals surface area contributed by atoms with Gasteiger partial charge in [0.25, 0.3) is 10.0 Å². The number of hydrogen-bond donors (Lipinski definition) is 1. The van der Waals surface area contributed by atoms with Gasteiger partial charge in [-0.15, -0.1) is 0 Å². The predicted molar refractivity (Wildman–Crippen MR) is 112 cm³/mol. The van der Waals surface area contributed by atoms with Gasteiger partial charge >= 0.3 is 0 Å². The molecule has 0 saturated heterocycles. The van der Waals surface area contributed by atoms with Crippen LogP contribution in [0, 0.1) is 0 Å². The highest BCUT2D eigenvalue weighted by Crippen LogP contribution is 2.32. The highest BCUT2D eigenvalue weighted by atomic mass is 32.2. The van der Waals surface area contributed by atoms with Crippen molar-refractivity contribution in [2.75, 3.05) is 28.9 Å². The van der Waals surface area contributed by atoms with Gasteiger partial charge in [-0.2, -0.15) is 0 Å². The highest BCUT2D eigenvalue weighted by Gasteiger charge is 2.25. The fourth-order valence-corrected chi connectivity index (χ4v) is 5.33. The van der Waals surface area contributed by atoms with Crippen LogP contribution < -0.4 is 13.8 Å². The van der Waals surface area contributed by atoms with E-state index in [-0.39, 0.29) is 4.90 Å².